The summed E-state index contributed by atoms with van der Waals surface area (Å²) in [6, 6.07) is 15.5. The largest absolute Gasteiger partial charge is 0.463 e. The minimum absolute atomic E-state index is 0.202. The molecule has 3 amide bonds. The summed E-state index contributed by atoms with van der Waals surface area (Å²) in [7, 11) is 0. The molecular formula is C25H29N3O4. The van der Waals surface area contributed by atoms with Gasteiger partial charge in [0.2, 0.25) is 5.91 Å². The molecular weight excluding hydrogens is 406 g/mol. The van der Waals surface area contributed by atoms with E-state index in [4.69, 9.17) is 4.74 Å². The number of carbonyl (C=O) groups excluding carboxylic acids is 3. The topological polar surface area (TPSA) is 87.7 Å². The van der Waals surface area contributed by atoms with E-state index in [9.17, 15) is 14.4 Å². The number of hydrogen-bond donors (Lipinski definition) is 2. The third-order valence-corrected chi connectivity index (χ3v) is 5.14. The molecule has 1 aliphatic rings. The summed E-state index contributed by atoms with van der Waals surface area (Å²) in [5.74, 6) is -0.686. The monoisotopic (exact) mass is 435 g/mol. The van der Waals surface area contributed by atoms with E-state index in [0.29, 0.717) is 29.1 Å². The summed E-state index contributed by atoms with van der Waals surface area (Å²) in [5.41, 5.74) is 2.95. The van der Waals surface area contributed by atoms with Gasteiger partial charge in [0.05, 0.1) is 23.9 Å². The third-order valence-electron chi connectivity index (χ3n) is 5.14. The zero-order chi connectivity index (χ0) is 23.1. The molecule has 32 heavy (non-hydrogen) atoms. The molecule has 0 radical (unpaired) electrons. The van der Waals surface area contributed by atoms with Gasteiger partial charge in [0.1, 0.15) is 0 Å². The van der Waals surface area contributed by atoms with Crippen LogP contribution >= 0.6 is 0 Å². The number of nitrogens with zero attached hydrogens (tertiary/aromatic N) is 1. The first kappa shape index (κ1) is 23.1. The molecule has 1 atom stereocenters. The second-order valence-electron chi connectivity index (χ2n) is 7.54. The third kappa shape index (κ3) is 5.17. The molecule has 7 nitrogen and oxygen atoms in total. The molecule has 0 bridgehead atoms. The number of nitrogens with one attached hydrogen (secondary N) is 2. The lowest BCUT2D eigenvalue weighted by Gasteiger charge is -2.37. The molecule has 1 heterocycles. The van der Waals surface area contributed by atoms with Crippen molar-refractivity contribution in [1.82, 2.24) is 10.2 Å². The van der Waals surface area contributed by atoms with Crippen LogP contribution in [0.25, 0.3) is 5.70 Å². The van der Waals surface area contributed by atoms with Crippen LogP contribution in [0, 0.1) is 0 Å². The van der Waals surface area contributed by atoms with Gasteiger partial charge in [-0.15, -0.1) is 0 Å². The maximum Gasteiger partial charge on any atom is 0.338 e. The van der Waals surface area contributed by atoms with Crippen molar-refractivity contribution in [3.05, 3.63) is 71.3 Å². The summed E-state index contributed by atoms with van der Waals surface area (Å²) >= 11 is 0. The molecule has 0 aromatic heterocycles. The first-order chi connectivity index (χ1) is 15.5. The van der Waals surface area contributed by atoms with Crippen LogP contribution in [0.5, 0.6) is 0 Å². The molecule has 0 spiro atoms. The molecule has 0 saturated carbocycles. The van der Waals surface area contributed by atoms with Gasteiger partial charge >= 0.3 is 12.0 Å². The number of urea groups is 1. The number of esters is 1. The highest BCUT2D eigenvalue weighted by Gasteiger charge is 2.38. The minimum atomic E-state index is -0.719. The van der Waals surface area contributed by atoms with Gasteiger partial charge in [-0.05, 0) is 36.6 Å². The quantitative estimate of drug-likeness (QED) is 0.598. The molecule has 1 aliphatic heterocycles. The fourth-order valence-corrected chi connectivity index (χ4v) is 3.77. The second-order valence-corrected chi connectivity index (χ2v) is 7.54. The van der Waals surface area contributed by atoms with Gasteiger partial charge in [0, 0.05) is 19.2 Å². The molecule has 0 fully saturated rings. The van der Waals surface area contributed by atoms with E-state index in [1.54, 1.807) is 30.0 Å². The number of benzene rings is 2. The Bertz CT molecular complexity index is 1020. The van der Waals surface area contributed by atoms with Crippen molar-refractivity contribution < 1.29 is 19.1 Å². The molecule has 0 aliphatic carbocycles. The fourth-order valence-electron chi connectivity index (χ4n) is 3.77. The van der Waals surface area contributed by atoms with Gasteiger partial charge < -0.3 is 15.4 Å². The average Bonchev–Trinajstić information content (AvgIpc) is 2.78. The van der Waals surface area contributed by atoms with Crippen LogP contribution in [0.1, 0.15) is 50.8 Å². The molecule has 2 aromatic rings. The number of hydrogen-bond acceptors (Lipinski definition) is 4. The van der Waals surface area contributed by atoms with Crippen molar-refractivity contribution >= 4 is 29.3 Å². The number of anilines is 1. The van der Waals surface area contributed by atoms with Crippen molar-refractivity contribution in [3.63, 3.8) is 0 Å². The van der Waals surface area contributed by atoms with Crippen LogP contribution in [-0.2, 0) is 14.3 Å². The van der Waals surface area contributed by atoms with Crippen LogP contribution in [0.3, 0.4) is 0 Å². The van der Waals surface area contributed by atoms with E-state index in [1.165, 1.54) is 6.92 Å². The summed E-state index contributed by atoms with van der Waals surface area (Å²) < 4.78 is 5.42. The standard InChI is InChI=1S/C25H29N3O4/c1-4-6-15-28-23(18-11-8-7-9-12-18)21(24(30)32-5-2)22(27-25(28)31)19-13-10-14-20(16-19)26-17(3)29/h7-14,16,22H,4-6,15H2,1-3H3,(H,26,29)(H,27,31). The van der Waals surface area contributed by atoms with Gasteiger partial charge in [0.15, 0.2) is 0 Å². The Balaban J connectivity index is 2.21. The van der Waals surface area contributed by atoms with E-state index in [2.05, 4.69) is 17.6 Å². The van der Waals surface area contributed by atoms with Crippen molar-refractivity contribution in [2.75, 3.05) is 18.5 Å². The number of unbranched alkanes of at least 4 members (excludes halogenated alkanes) is 1. The lowest BCUT2D eigenvalue weighted by atomic mass is 9.91. The average molecular weight is 436 g/mol. The van der Waals surface area contributed by atoms with Gasteiger partial charge in [-0.1, -0.05) is 55.8 Å². The highest BCUT2D eigenvalue weighted by molar-refractivity contribution is 6.04. The van der Waals surface area contributed by atoms with Crippen LogP contribution in [0.4, 0.5) is 10.5 Å². The zero-order valence-corrected chi connectivity index (χ0v) is 18.7. The zero-order valence-electron chi connectivity index (χ0n) is 18.7. The Kier molecular flexibility index (Phi) is 7.65. The van der Waals surface area contributed by atoms with Crippen molar-refractivity contribution in [2.24, 2.45) is 0 Å². The van der Waals surface area contributed by atoms with E-state index >= 15 is 0 Å². The lowest BCUT2D eigenvalue weighted by molar-refractivity contribution is -0.139. The molecule has 7 heteroatoms. The SMILES string of the molecule is CCCCN1C(=O)NC(c2cccc(NC(C)=O)c2)C(C(=O)OCC)=C1c1ccccc1. The van der Waals surface area contributed by atoms with Crippen molar-refractivity contribution in [3.8, 4) is 0 Å². The maximum atomic E-state index is 13.2. The molecule has 168 valence electrons. The predicted octanol–water partition coefficient (Wildman–Crippen LogP) is 4.49. The van der Waals surface area contributed by atoms with Gasteiger partial charge in [0.25, 0.3) is 0 Å². The smallest absolute Gasteiger partial charge is 0.338 e. The van der Waals surface area contributed by atoms with Crippen LogP contribution in [0.15, 0.2) is 60.2 Å². The number of amides is 3. The van der Waals surface area contributed by atoms with E-state index < -0.39 is 12.0 Å². The normalized spacial score (nSPS) is 15.9. The molecule has 2 N–H and O–H groups in total. The van der Waals surface area contributed by atoms with E-state index in [-0.39, 0.29) is 18.5 Å². The second kappa shape index (κ2) is 10.6. The Morgan fingerprint density at radius 3 is 2.50 bits per heavy atom. The molecule has 1 unspecified atom stereocenters. The maximum absolute atomic E-state index is 13.2. The van der Waals surface area contributed by atoms with Crippen LogP contribution in [0.2, 0.25) is 0 Å². The van der Waals surface area contributed by atoms with Crippen molar-refractivity contribution in [1.29, 1.82) is 0 Å². The summed E-state index contributed by atoms with van der Waals surface area (Å²) in [6.45, 7) is 5.93. The van der Waals surface area contributed by atoms with Gasteiger partial charge in [-0.3, -0.25) is 9.69 Å². The predicted molar refractivity (Wildman–Crippen MR) is 124 cm³/mol. The van der Waals surface area contributed by atoms with E-state index in [1.807, 2.05) is 36.4 Å². The summed E-state index contributed by atoms with van der Waals surface area (Å²) in [4.78, 5) is 39.6. The Labute approximate surface area is 188 Å². The molecule has 3 rings (SSSR count). The molecule has 2 aromatic carbocycles. The lowest BCUT2D eigenvalue weighted by Crippen LogP contribution is -2.48. The van der Waals surface area contributed by atoms with Crippen LogP contribution < -0.4 is 10.6 Å². The number of rotatable bonds is 8. The Morgan fingerprint density at radius 1 is 1.09 bits per heavy atom. The Morgan fingerprint density at radius 2 is 1.84 bits per heavy atom. The molecule has 0 saturated heterocycles. The van der Waals surface area contributed by atoms with Gasteiger partial charge in [-0.25, -0.2) is 9.59 Å². The number of carbonyl (C=O) groups is 3. The highest BCUT2D eigenvalue weighted by atomic mass is 16.5. The fraction of sp³-hybridized carbons (Fsp3) is 0.320. The van der Waals surface area contributed by atoms with Gasteiger partial charge in [-0.2, -0.15) is 0 Å². The summed E-state index contributed by atoms with van der Waals surface area (Å²) in [5, 5.41) is 5.73. The Hall–Kier alpha value is -3.61. The van der Waals surface area contributed by atoms with Crippen LogP contribution in [-0.4, -0.2) is 36.0 Å². The number of ether oxygens (including phenoxy) is 1. The first-order valence-corrected chi connectivity index (χ1v) is 10.9. The highest BCUT2D eigenvalue weighted by Crippen LogP contribution is 2.37. The minimum Gasteiger partial charge on any atom is -0.463 e. The first-order valence-electron chi connectivity index (χ1n) is 10.9. The summed E-state index contributed by atoms with van der Waals surface area (Å²) in [6.07, 6.45) is 1.70. The van der Waals surface area contributed by atoms with E-state index in [0.717, 1.165) is 18.4 Å². The van der Waals surface area contributed by atoms with Crippen molar-refractivity contribution in [2.45, 2.75) is 39.7 Å².